The molecule has 1 N–H and O–H groups in total. The number of alkyl halides is 2. The first-order valence-electron chi connectivity index (χ1n) is 6.05. The summed E-state index contributed by atoms with van der Waals surface area (Å²) in [6.07, 6.45) is -0.453. The molecule has 1 unspecified atom stereocenters. The fourth-order valence-corrected chi connectivity index (χ4v) is 3.05. The van der Waals surface area contributed by atoms with Crippen LogP contribution in [0.2, 0.25) is 0 Å². The molecule has 1 fully saturated rings. The Kier molecular flexibility index (Phi) is 4.56. The largest absolute Gasteiger partial charge is 0.394 e. The first-order valence-corrected chi connectivity index (χ1v) is 7.60. The van der Waals surface area contributed by atoms with Gasteiger partial charge in [0.25, 0.3) is 0 Å². The van der Waals surface area contributed by atoms with E-state index < -0.39 is 26.6 Å². The molecule has 0 aromatic heterocycles. The van der Waals surface area contributed by atoms with Crippen molar-refractivity contribution in [1.82, 2.24) is 0 Å². The summed E-state index contributed by atoms with van der Waals surface area (Å²) in [5.41, 5.74) is 0.217. The number of ether oxygens (including phenoxy) is 1. The molecule has 20 heavy (non-hydrogen) atoms. The molecule has 1 aromatic carbocycles. The highest BCUT2D eigenvalue weighted by Gasteiger charge is 2.31. The lowest BCUT2D eigenvalue weighted by Gasteiger charge is -2.34. The van der Waals surface area contributed by atoms with Crippen molar-refractivity contribution in [2.75, 3.05) is 31.2 Å². The molecule has 0 spiro atoms. The van der Waals surface area contributed by atoms with Crippen LogP contribution in [0.5, 0.6) is 0 Å². The van der Waals surface area contributed by atoms with Crippen LogP contribution in [-0.4, -0.2) is 51.7 Å². The molecule has 2 rings (SSSR count). The zero-order valence-electron chi connectivity index (χ0n) is 10.6. The van der Waals surface area contributed by atoms with E-state index in [1.165, 1.54) is 18.2 Å². The van der Waals surface area contributed by atoms with Crippen molar-refractivity contribution in [3.63, 3.8) is 0 Å². The van der Waals surface area contributed by atoms with Crippen LogP contribution in [0, 0.1) is 0 Å². The Hall–Kier alpha value is -1.25. The van der Waals surface area contributed by atoms with Gasteiger partial charge >= 0.3 is 5.76 Å². The van der Waals surface area contributed by atoms with Crippen LogP contribution in [0.4, 0.5) is 14.5 Å². The van der Waals surface area contributed by atoms with Gasteiger partial charge in [-0.1, -0.05) is 12.1 Å². The fraction of sp³-hybridized carbons (Fsp3) is 0.500. The van der Waals surface area contributed by atoms with E-state index in [1.54, 1.807) is 11.0 Å². The number of hydrogen-bond donors (Lipinski definition) is 1. The molecule has 5 nitrogen and oxygen atoms in total. The highest BCUT2D eigenvalue weighted by atomic mass is 32.2. The van der Waals surface area contributed by atoms with Gasteiger partial charge in [0.2, 0.25) is 9.84 Å². The lowest BCUT2D eigenvalue weighted by molar-refractivity contribution is 0.00343. The first-order chi connectivity index (χ1) is 9.46. The molecule has 1 aliphatic rings. The van der Waals surface area contributed by atoms with Crippen LogP contribution < -0.4 is 4.90 Å². The molecule has 0 saturated carbocycles. The van der Waals surface area contributed by atoms with Gasteiger partial charge in [-0.25, -0.2) is 8.42 Å². The van der Waals surface area contributed by atoms with Crippen molar-refractivity contribution < 1.29 is 27.0 Å². The zero-order chi connectivity index (χ0) is 14.8. The number of benzene rings is 1. The highest BCUT2D eigenvalue weighted by molar-refractivity contribution is 7.91. The molecule has 112 valence electrons. The maximum atomic E-state index is 12.7. The summed E-state index contributed by atoms with van der Waals surface area (Å²) in [5.74, 6) is -3.46. The number of para-hydroxylation sites is 1. The number of rotatable bonds is 4. The molecule has 8 heteroatoms. The van der Waals surface area contributed by atoms with Crippen LogP contribution in [-0.2, 0) is 14.6 Å². The summed E-state index contributed by atoms with van der Waals surface area (Å²) in [6.45, 7) is 0.729. The quantitative estimate of drug-likeness (QED) is 0.894. The standard InChI is InChI=1S/C12H15F2NO4S/c13-12(14)20(17,18)11-4-2-1-3-10(11)15-5-6-19-9(7-15)8-16/h1-4,9,12,16H,5-8H2. The third kappa shape index (κ3) is 2.92. The normalized spacial score (nSPS) is 20.4. The van der Waals surface area contributed by atoms with E-state index in [2.05, 4.69) is 0 Å². The highest BCUT2D eigenvalue weighted by Crippen LogP contribution is 2.30. The van der Waals surface area contributed by atoms with Gasteiger partial charge in [0.1, 0.15) is 0 Å². The molecule has 1 aliphatic heterocycles. The van der Waals surface area contributed by atoms with Crippen LogP contribution >= 0.6 is 0 Å². The molecule has 0 bridgehead atoms. The molecule has 1 aromatic rings. The van der Waals surface area contributed by atoms with Gasteiger partial charge in [0, 0.05) is 13.1 Å². The Morgan fingerprint density at radius 2 is 2.10 bits per heavy atom. The average Bonchev–Trinajstić information content (AvgIpc) is 2.47. The van der Waals surface area contributed by atoms with Crippen LogP contribution in [0.15, 0.2) is 29.2 Å². The minimum Gasteiger partial charge on any atom is -0.394 e. The number of sulfone groups is 1. The second-order valence-corrected chi connectivity index (χ2v) is 6.28. The topological polar surface area (TPSA) is 66.8 Å². The van der Waals surface area contributed by atoms with Crippen molar-refractivity contribution >= 4 is 15.5 Å². The first kappa shape index (κ1) is 15.1. The van der Waals surface area contributed by atoms with Gasteiger partial charge in [0.15, 0.2) is 0 Å². The molecule has 1 atom stereocenters. The molecular weight excluding hydrogens is 292 g/mol. The monoisotopic (exact) mass is 307 g/mol. The molecule has 0 radical (unpaired) electrons. The van der Waals surface area contributed by atoms with Crippen molar-refractivity contribution in [3.8, 4) is 0 Å². The summed E-state index contributed by atoms with van der Waals surface area (Å²) in [4.78, 5) is 1.24. The molecule has 1 saturated heterocycles. The minimum absolute atomic E-state index is 0.208. The summed E-state index contributed by atoms with van der Waals surface area (Å²) in [5, 5.41) is 9.08. The van der Waals surface area contributed by atoms with Gasteiger partial charge in [0.05, 0.1) is 29.9 Å². The van der Waals surface area contributed by atoms with Crippen molar-refractivity contribution in [1.29, 1.82) is 0 Å². The van der Waals surface area contributed by atoms with Crippen molar-refractivity contribution in [2.45, 2.75) is 16.8 Å². The Morgan fingerprint density at radius 3 is 2.75 bits per heavy atom. The van der Waals surface area contributed by atoms with E-state index in [4.69, 9.17) is 9.84 Å². The summed E-state index contributed by atoms with van der Waals surface area (Å²) in [6, 6.07) is 5.64. The lowest BCUT2D eigenvalue weighted by atomic mass is 10.2. The number of anilines is 1. The van der Waals surface area contributed by atoms with E-state index in [1.807, 2.05) is 0 Å². The number of nitrogens with zero attached hydrogens (tertiary/aromatic N) is 1. The van der Waals surface area contributed by atoms with Gasteiger partial charge < -0.3 is 14.7 Å². The predicted molar refractivity (Wildman–Crippen MR) is 68.7 cm³/mol. The van der Waals surface area contributed by atoms with E-state index >= 15 is 0 Å². The third-order valence-electron chi connectivity index (χ3n) is 3.09. The van der Waals surface area contributed by atoms with Crippen molar-refractivity contribution in [3.05, 3.63) is 24.3 Å². The number of hydrogen-bond acceptors (Lipinski definition) is 5. The Morgan fingerprint density at radius 1 is 1.40 bits per heavy atom. The average molecular weight is 307 g/mol. The Balaban J connectivity index is 2.38. The second kappa shape index (κ2) is 6.02. The Bertz CT molecular complexity index is 564. The van der Waals surface area contributed by atoms with Gasteiger partial charge in [-0.05, 0) is 12.1 Å². The summed E-state index contributed by atoms with van der Waals surface area (Å²) < 4.78 is 54.1. The third-order valence-corrected chi connectivity index (χ3v) is 4.52. The molecule has 0 aliphatic carbocycles. The predicted octanol–water partition coefficient (Wildman–Crippen LogP) is 0.880. The van der Waals surface area contributed by atoms with E-state index in [-0.39, 0.29) is 18.8 Å². The van der Waals surface area contributed by atoms with Crippen LogP contribution in [0.1, 0.15) is 0 Å². The van der Waals surface area contributed by atoms with Gasteiger partial charge in [-0.3, -0.25) is 0 Å². The summed E-state index contributed by atoms with van der Waals surface area (Å²) in [7, 11) is -4.66. The van der Waals surface area contributed by atoms with Crippen LogP contribution in [0.25, 0.3) is 0 Å². The number of aliphatic hydroxyl groups excluding tert-OH is 1. The second-order valence-electron chi connectivity index (χ2n) is 4.39. The van der Waals surface area contributed by atoms with E-state index in [0.29, 0.717) is 13.2 Å². The van der Waals surface area contributed by atoms with E-state index in [9.17, 15) is 17.2 Å². The van der Waals surface area contributed by atoms with E-state index in [0.717, 1.165) is 0 Å². The zero-order valence-corrected chi connectivity index (χ0v) is 11.4. The van der Waals surface area contributed by atoms with Gasteiger partial charge in [-0.15, -0.1) is 0 Å². The van der Waals surface area contributed by atoms with Crippen molar-refractivity contribution in [2.24, 2.45) is 0 Å². The van der Waals surface area contributed by atoms with Crippen LogP contribution in [0.3, 0.4) is 0 Å². The number of aliphatic hydroxyl groups is 1. The number of halogens is 2. The maximum Gasteiger partial charge on any atom is 0.341 e. The molecular formula is C12H15F2NO4S. The lowest BCUT2D eigenvalue weighted by Crippen LogP contribution is -2.44. The smallest absolute Gasteiger partial charge is 0.341 e. The SMILES string of the molecule is O=S(=O)(c1ccccc1N1CCOC(CO)C1)C(F)F. The maximum absolute atomic E-state index is 12.7. The Labute approximate surface area is 115 Å². The summed E-state index contributed by atoms with van der Waals surface area (Å²) >= 11 is 0. The fourth-order valence-electron chi connectivity index (χ4n) is 2.10. The number of morpholine rings is 1. The minimum atomic E-state index is -4.66. The molecule has 0 amide bonds. The van der Waals surface area contributed by atoms with Gasteiger partial charge in [-0.2, -0.15) is 8.78 Å². The molecule has 1 heterocycles.